The molecule has 0 heterocycles. The molecule has 0 atom stereocenters. The van der Waals surface area contributed by atoms with E-state index in [0.29, 0.717) is 5.02 Å². The summed E-state index contributed by atoms with van der Waals surface area (Å²) in [5.41, 5.74) is 10.7. The highest BCUT2D eigenvalue weighted by Gasteiger charge is 2.02. The minimum Gasteiger partial charge on any atom is -0.375 e. The fourth-order valence-corrected chi connectivity index (χ4v) is 1.40. The van der Waals surface area contributed by atoms with Gasteiger partial charge in [-0.1, -0.05) is 17.7 Å². The molecular formula is C10H12ClN3S. The summed E-state index contributed by atoms with van der Waals surface area (Å²) in [6, 6.07) is 5.64. The van der Waals surface area contributed by atoms with E-state index >= 15 is 0 Å². The van der Waals surface area contributed by atoms with Crippen LogP contribution in [-0.4, -0.2) is 10.8 Å². The second-order valence-electron chi connectivity index (χ2n) is 3.13. The largest absolute Gasteiger partial charge is 0.375 e. The molecule has 3 nitrogen and oxygen atoms in total. The Morgan fingerprint density at radius 3 is 2.80 bits per heavy atom. The molecule has 0 fully saturated rings. The molecule has 0 unspecified atom stereocenters. The fourth-order valence-electron chi connectivity index (χ4n) is 1.18. The molecule has 0 aliphatic heterocycles. The SMILES string of the molecule is CC(=NNC(N)=S)c1cc(Cl)ccc1C. The number of thiocarbonyl (C=S) groups is 1. The first-order chi connectivity index (χ1) is 7.00. The Bertz CT molecular complexity index is 415. The molecule has 0 saturated carbocycles. The van der Waals surface area contributed by atoms with Gasteiger partial charge < -0.3 is 5.73 Å². The van der Waals surface area contributed by atoms with E-state index < -0.39 is 0 Å². The summed E-state index contributed by atoms with van der Waals surface area (Å²) in [6.45, 7) is 3.86. The molecule has 0 aliphatic carbocycles. The standard InChI is InChI=1S/C10H12ClN3S/c1-6-3-4-8(11)5-9(6)7(2)13-14-10(12)15/h3-5H,1-2H3,(H3,12,14,15). The highest BCUT2D eigenvalue weighted by Crippen LogP contribution is 2.15. The minimum absolute atomic E-state index is 0.147. The predicted molar refractivity (Wildman–Crippen MR) is 68.3 cm³/mol. The maximum absolute atomic E-state index is 5.90. The molecule has 0 aliphatic rings. The van der Waals surface area contributed by atoms with Crippen LogP contribution in [0.3, 0.4) is 0 Å². The third kappa shape index (κ3) is 3.49. The zero-order valence-corrected chi connectivity index (χ0v) is 10.1. The summed E-state index contributed by atoms with van der Waals surface area (Å²) in [6.07, 6.45) is 0. The number of halogens is 1. The third-order valence-corrected chi connectivity index (χ3v) is 2.25. The molecule has 0 radical (unpaired) electrons. The minimum atomic E-state index is 0.147. The molecule has 0 spiro atoms. The molecule has 5 heteroatoms. The molecule has 0 aromatic heterocycles. The molecule has 15 heavy (non-hydrogen) atoms. The number of nitrogens with one attached hydrogen (secondary N) is 1. The molecule has 80 valence electrons. The Balaban J connectivity index is 2.99. The van der Waals surface area contributed by atoms with Crippen LogP contribution in [-0.2, 0) is 0 Å². The molecule has 0 saturated heterocycles. The third-order valence-electron chi connectivity index (χ3n) is 1.92. The van der Waals surface area contributed by atoms with Crippen molar-refractivity contribution in [3.8, 4) is 0 Å². The average Bonchev–Trinajstić information content (AvgIpc) is 2.18. The van der Waals surface area contributed by atoms with Gasteiger partial charge in [0.25, 0.3) is 0 Å². The van der Waals surface area contributed by atoms with Crippen LogP contribution in [0.2, 0.25) is 5.02 Å². The average molecular weight is 242 g/mol. The molecule has 0 amide bonds. The van der Waals surface area contributed by atoms with Crippen LogP contribution in [0.25, 0.3) is 0 Å². The smallest absolute Gasteiger partial charge is 0.184 e. The number of nitrogens with zero attached hydrogens (tertiary/aromatic N) is 1. The van der Waals surface area contributed by atoms with E-state index in [1.54, 1.807) is 0 Å². The van der Waals surface area contributed by atoms with Gasteiger partial charge >= 0.3 is 0 Å². The first kappa shape index (κ1) is 11.9. The highest BCUT2D eigenvalue weighted by atomic mass is 35.5. The van der Waals surface area contributed by atoms with E-state index in [4.69, 9.17) is 17.3 Å². The predicted octanol–water partition coefficient (Wildman–Crippen LogP) is 2.21. The lowest BCUT2D eigenvalue weighted by Gasteiger charge is -2.06. The summed E-state index contributed by atoms with van der Waals surface area (Å²) in [5.74, 6) is 0. The van der Waals surface area contributed by atoms with Gasteiger partial charge in [-0.15, -0.1) is 0 Å². The van der Waals surface area contributed by atoms with E-state index in [-0.39, 0.29) is 5.11 Å². The van der Waals surface area contributed by atoms with Crippen LogP contribution in [0.15, 0.2) is 23.3 Å². The Morgan fingerprint density at radius 1 is 1.53 bits per heavy atom. The fraction of sp³-hybridized carbons (Fsp3) is 0.200. The van der Waals surface area contributed by atoms with Gasteiger partial charge in [-0.05, 0) is 43.8 Å². The van der Waals surface area contributed by atoms with E-state index in [1.807, 2.05) is 32.0 Å². The lowest BCUT2D eigenvalue weighted by atomic mass is 10.1. The number of hydrogen-bond acceptors (Lipinski definition) is 2. The number of hydrazone groups is 1. The van der Waals surface area contributed by atoms with Gasteiger partial charge in [-0.25, -0.2) is 0 Å². The molecule has 1 aromatic rings. The summed E-state index contributed by atoms with van der Waals surface area (Å²) < 4.78 is 0. The normalized spacial score (nSPS) is 11.3. The Kier molecular flexibility index (Phi) is 4.05. The number of hydrogen-bond donors (Lipinski definition) is 2. The van der Waals surface area contributed by atoms with Crippen LogP contribution in [0.1, 0.15) is 18.1 Å². The number of nitrogens with two attached hydrogens (primary N) is 1. The van der Waals surface area contributed by atoms with E-state index in [0.717, 1.165) is 16.8 Å². The van der Waals surface area contributed by atoms with Crippen molar-refractivity contribution in [3.05, 3.63) is 34.3 Å². The van der Waals surface area contributed by atoms with Crippen molar-refractivity contribution in [3.63, 3.8) is 0 Å². The zero-order valence-electron chi connectivity index (χ0n) is 8.54. The van der Waals surface area contributed by atoms with Gasteiger partial charge in [-0.3, -0.25) is 5.43 Å². The number of benzene rings is 1. The Morgan fingerprint density at radius 2 is 2.20 bits per heavy atom. The monoisotopic (exact) mass is 241 g/mol. The second-order valence-corrected chi connectivity index (χ2v) is 4.01. The number of aryl methyl sites for hydroxylation is 1. The van der Waals surface area contributed by atoms with E-state index in [9.17, 15) is 0 Å². The van der Waals surface area contributed by atoms with E-state index in [1.165, 1.54) is 0 Å². The van der Waals surface area contributed by atoms with Gasteiger partial charge in [0, 0.05) is 10.6 Å². The summed E-state index contributed by atoms with van der Waals surface area (Å²) in [5, 5.41) is 4.87. The van der Waals surface area contributed by atoms with Crippen LogP contribution in [0, 0.1) is 6.92 Å². The van der Waals surface area contributed by atoms with Crippen molar-refractivity contribution in [2.24, 2.45) is 10.8 Å². The van der Waals surface area contributed by atoms with E-state index in [2.05, 4.69) is 22.7 Å². The van der Waals surface area contributed by atoms with Crippen molar-refractivity contribution >= 4 is 34.6 Å². The van der Waals surface area contributed by atoms with Crippen molar-refractivity contribution in [1.82, 2.24) is 5.43 Å². The van der Waals surface area contributed by atoms with Gasteiger partial charge in [-0.2, -0.15) is 5.10 Å². The lowest BCUT2D eigenvalue weighted by Crippen LogP contribution is -2.25. The van der Waals surface area contributed by atoms with Crippen LogP contribution >= 0.6 is 23.8 Å². The van der Waals surface area contributed by atoms with Crippen LogP contribution in [0.5, 0.6) is 0 Å². The molecule has 3 N–H and O–H groups in total. The first-order valence-electron chi connectivity index (χ1n) is 4.37. The van der Waals surface area contributed by atoms with Gasteiger partial charge in [0.1, 0.15) is 0 Å². The maximum atomic E-state index is 5.90. The van der Waals surface area contributed by atoms with Crippen molar-refractivity contribution in [2.45, 2.75) is 13.8 Å². The van der Waals surface area contributed by atoms with Crippen molar-refractivity contribution in [2.75, 3.05) is 0 Å². The zero-order chi connectivity index (χ0) is 11.4. The Hall–Kier alpha value is -1.13. The first-order valence-corrected chi connectivity index (χ1v) is 5.15. The summed E-state index contributed by atoms with van der Waals surface area (Å²) >= 11 is 10.6. The van der Waals surface area contributed by atoms with Gasteiger partial charge in [0.2, 0.25) is 0 Å². The second kappa shape index (κ2) is 5.09. The molecule has 0 bridgehead atoms. The number of rotatable bonds is 2. The van der Waals surface area contributed by atoms with Crippen LogP contribution < -0.4 is 11.2 Å². The molecular weight excluding hydrogens is 230 g/mol. The summed E-state index contributed by atoms with van der Waals surface area (Å²) in [7, 11) is 0. The topological polar surface area (TPSA) is 50.4 Å². The molecule has 1 rings (SSSR count). The molecule has 1 aromatic carbocycles. The lowest BCUT2D eigenvalue weighted by molar-refractivity contribution is 1.03. The highest BCUT2D eigenvalue weighted by molar-refractivity contribution is 7.80. The van der Waals surface area contributed by atoms with Gasteiger partial charge in [0.05, 0.1) is 5.71 Å². The quantitative estimate of drug-likeness (QED) is 0.474. The summed E-state index contributed by atoms with van der Waals surface area (Å²) in [4.78, 5) is 0. The maximum Gasteiger partial charge on any atom is 0.184 e. The Labute approximate surface area is 99.3 Å². The van der Waals surface area contributed by atoms with Crippen molar-refractivity contribution in [1.29, 1.82) is 0 Å². The van der Waals surface area contributed by atoms with Crippen LogP contribution in [0.4, 0.5) is 0 Å². The van der Waals surface area contributed by atoms with Gasteiger partial charge in [0.15, 0.2) is 5.11 Å². The van der Waals surface area contributed by atoms with Crippen molar-refractivity contribution < 1.29 is 0 Å².